The van der Waals surface area contributed by atoms with Gasteiger partial charge in [-0.05, 0) is 18.2 Å². The van der Waals surface area contributed by atoms with Gasteiger partial charge in [0.15, 0.2) is 11.5 Å². The second-order valence-corrected chi connectivity index (χ2v) is 3.83. The molecule has 7 nitrogen and oxygen atoms in total. The molecule has 0 fully saturated rings. The van der Waals surface area contributed by atoms with Crippen LogP contribution in [0.3, 0.4) is 0 Å². The fraction of sp³-hybridized carbons (Fsp3) is 0.154. The fourth-order valence-electron chi connectivity index (χ4n) is 1.58. The molecule has 2 rings (SSSR count). The number of carbonyl (C=O) groups excluding carboxylic acids is 1. The molecule has 0 unspecified atom stereocenters. The average Bonchev–Trinajstić information content (AvgIpc) is 2.47. The summed E-state index contributed by atoms with van der Waals surface area (Å²) in [6.07, 6.45) is 0. The van der Waals surface area contributed by atoms with Crippen LogP contribution < -0.4 is 20.3 Å². The molecule has 1 aromatic heterocycles. The molecule has 0 aliphatic heterocycles. The number of rotatable bonds is 4. The number of hydrogen-bond acceptors (Lipinski definition) is 5. The third kappa shape index (κ3) is 2.94. The van der Waals surface area contributed by atoms with Crippen molar-refractivity contribution in [3.05, 3.63) is 46.4 Å². The lowest BCUT2D eigenvalue weighted by molar-refractivity contribution is 0.102. The Balaban J connectivity index is 2.19. The number of H-pyrrole nitrogens is 1. The molecule has 104 valence electrons. The Kier molecular flexibility index (Phi) is 3.99. The largest absolute Gasteiger partial charge is 0.493 e. The monoisotopic (exact) mass is 275 g/mol. The van der Waals surface area contributed by atoms with Crippen molar-refractivity contribution in [2.24, 2.45) is 0 Å². The van der Waals surface area contributed by atoms with Crippen molar-refractivity contribution >= 4 is 11.6 Å². The molecule has 0 atom stereocenters. The van der Waals surface area contributed by atoms with E-state index in [1.807, 2.05) is 0 Å². The lowest BCUT2D eigenvalue weighted by atomic mass is 10.2. The maximum absolute atomic E-state index is 11.9. The zero-order valence-corrected chi connectivity index (χ0v) is 11.0. The standard InChI is InChI=1S/C13H13N3O4/c1-19-10-5-3-8(7-11(10)20-2)14-13(18)9-4-6-12(17)16-15-9/h3-7H,1-2H3,(H,14,18)(H,16,17). The third-order valence-corrected chi connectivity index (χ3v) is 2.55. The first kappa shape index (κ1) is 13.6. The minimum Gasteiger partial charge on any atom is -0.493 e. The van der Waals surface area contributed by atoms with Gasteiger partial charge in [-0.15, -0.1) is 0 Å². The Hall–Kier alpha value is -2.83. The van der Waals surface area contributed by atoms with Crippen LogP contribution in [0.4, 0.5) is 5.69 Å². The van der Waals surface area contributed by atoms with Crippen LogP contribution in [0.5, 0.6) is 11.5 Å². The highest BCUT2D eigenvalue weighted by Crippen LogP contribution is 2.29. The molecule has 1 aromatic carbocycles. The molecule has 2 aromatic rings. The number of aromatic nitrogens is 2. The Labute approximate surface area is 114 Å². The summed E-state index contributed by atoms with van der Waals surface area (Å²) in [5.41, 5.74) is 0.271. The van der Waals surface area contributed by atoms with Gasteiger partial charge in [0.1, 0.15) is 5.69 Å². The van der Waals surface area contributed by atoms with E-state index in [1.165, 1.54) is 26.4 Å². The van der Waals surface area contributed by atoms with Crippen LogP contribution in [0.25, 0.3) is 0 Å². The summed E-state index contributed by atoms with van der Waals surface area (Å²) in [6.45, 7) is 0. The Morgan fingerprint density at radius 3 is 2.50 bits per heavy atom. The van der Waals surface area contributed by atoms with Crippen molar-refractivity contribution in [1.29, 1.82) is 0 Å². The van der Waals surface area contributed by atoms with Crippen LogP contribution in [0.1, 0.15) is 10.5 Å². The molecular formula is C13H13N3O4. The molecule has 7 heteroatoms. The number of nitrogens with zero attached hydrogens (tertiary/aromatic N) is 1. The Morgan fingerprint density at radius 1 is 1.15 bits per heavy atom. The quantitative estimate of drug-likeness (QED) is 0.869. The van der Waals surface area contributed by atoms with Gasteiger partial charge in [-0.1, -0.05) is 0 Å². The second kappa shape index (κ2) is 5.87. The van der Waals surface area contributed by atoms with E-state index in [9.17, 15) is 9.59 Å². The third-order valence-electron chi connectivity index (χ3n) is 2.55. The van der Waals surface area contributed by atoms with E-state index in [2.05, 4.69) is 15.5 Å². The zero-order chi connectivity index (χ0) is 14.5. The molecule has 0 bridgehead atoms. The predicted octanol–water partition coefficient (Wildman–Crippen LogP) is 1.04. The van der Waals surface area contributed by atoms with E-state index < -0.39 is 5.91 Å². The zero-order valence-electron chi connectivity index (χ0n) is 11.0. The first-order valence-electron chi connectivity index (χ1n) is 5.73. The van der Waals surface area contributed by atoms with Crippen LogP contribution in [-0.2, 0) is 0 Å². The number of aromatic amines is 1. The van der Waals surface area contributed by atoms with Crippen molar-refractivity contribution in [3.8, 4) is 11.5 Å². The number of ether oxygens (including phenoxy) is 2. The van der Waals surface area contributed by atoms with Crippen molar-refractivity contribution in [2.75, 3.05) is 19.5 Å². The summed E-state index contributed by atoms with van der Waals surface area (Å²) in [7, 11) is 3.04. The molecule has 20 heavy (non-hydrogen) atoms. The highest BCUT2D eigenvalue weighted by atomic mass is 16.5. The number of methoxy groups -OCH3 is 2. The topological polar surface area (TPSA) is 93.3 Å². The predicted molar refractivity (Wildman–Crippen MR) is 72.4 cm³/mol. The summed E-state index contributed by atoms with van der Waals surface area (Å²) in [5.74, 6) is 0.626. The molecule has 0 saturated carbocycles. The fourth-order valence-corrected chi connectivity index (χ4v) is 1.58. The normalized spacial score (nSPS) is 9.90. The van der Waals surface area contributed by atoms with Crippen molar-refractivity contribution in [3.63, 3.8) is 0 Å². The summed E-state index contributed by atoms with van der Waals surface area (Å²) >= 11 is 0. The second-order valence-electron chi connectivity index (χ2n) is 3.83. The first-order chi connectivity index (χ1) is 9.63. The lowest BCUT2D eigenvalue weighted by Crippen LogP contribution is -2.17. The van der Waals surface area contributed by atoms with E-state index in [4.69, 9.17) is 9.47 Å². The van der Waals surface area contributed by atoms with Gasteiger partial charge in [-0.25, -0.2) is 5.10 Å². The molecule has 0 spiro atoms. The minimum atomic E-state index is -0.437. The maximum Gasteiger partial charge on any atom is 0.276 e. The molecule has 1 amide bonds. The molecular weight excluding hydrogens is 262 g/mol. The van der Waals surface area contributed by atoms with E-state index >= 15 is 0 Å². The Morgan fingerprint density at radius 2 is 1.90 bits per heavy atom. The van der Waals surface area contributed by atoms with Crippen molar-refractivity contribution < 1.29 is 14.3 Å². The molecule has 0 aliphatic rings. The molecule has 0 aliphatic carbocycles. The van der Waals surface area contributed by atoms with Gasteiger partial charge >= 0.3 is 0 Å². The van der Waals surface area contributed by atoms with Gasteiger partial charge in [0.25, 0.3) is 11.5 Å². The molecule has 1 heterocycles. The Bertz CT molecular complexity index is 661. The van der Waals surface area contributed by atoms with E-state index in [-0.39, 0.29) is 11.3 Å². The van der Waals surface area contributed by atoms with E-state index in [0.717, 1.165) is 0 Å². The van der Waals surface area contributed by atoms with Crippen molar-refractivity contribution in [1.82, 2.24) is 10.2 Å². The van der Waals surface area contributed by atoms with Gasteiger partial charge < -0.3 is 14.8 Å². The van der Waals surface area contributed by atoms with Crippen molar-refractivity contribution in [2.45, 2.75) is 0 Å². The van der Waals surface area contributed by atoms with Crippen LogP contribution in [0.2, 0.25) is 0 Å². The number of hydrogen-bond donors (Lipinski definition) is 2. The van der Waals surface area contributed by atoms with Gasteiger partial charge in [0.05, 0.1) is 14.2 Å². The van der Waals surface area contributed by atoms with E-state index in [1.54, 1.807) is 18.2 Å². The van der Waals surface area contributed by atoms with Gasteiger partial charge in [0, 0.05) is 17.8 Å². The summed E-state index contributed by atoms with van der Waals surface area (Å²) in [4.78, 5) is 22.8. The maximum atomic E-state index is 11.9. The summed E-state index contributed by atoms with van der Waals surface area (Å²) < 4.78 is 10.2. The van der Waals surface area contributed by atoms with E-state index in [0.29, 0.717) is 17.2 Å². The number of nitrogens with one attached hydrogen (secondary N) is 2. The number of benzene rings is 1. The first-order valence-corrected chi connectivity index (χ1v) is 5.73. The van der Waals surface area contributed by atoms with Crippen LogP contribution >= 0.6 is 0 Å². The summed E-state index contributed by atoms with van der Waals surface area (Å²) in [6, 6.07) is 7.55. The van der Waals surface area contributed by atoms with Crippen LogP contribution in [0.15, 0.2) is 35.1 Å². The molecule has 0 saturated heterocycles. The minimum absolute atomic E-state index is 0.111. The molecule has 0 radical (unpaired) electrons. The highest BCUT2D eigenvalue weighted by molar-refractivity contribution is 6.02. The number of carbonyl (C=O) groups is 1. The highest BCUT2D eigenvalue weighted by Gasteiger charge is 2.10. The number of amides is 1. The SMILES string of the molecule is COc1ccc(NC(=O)c2ccc(=O)[nH]n2)cc1OC. The average molecular weight is 275 g/mol. The smallest absolute Gasteiger partial charge is 0.276 e. The summed E-state index contributed by atoms with van der Waals surface area (Å²) in [5, 5.41) is 8.49. The van der Waals surface area contributed by atoms with Crippen LogP contribution in [0, 0.1) is 0 Å². The number of anilines is 1. The van der Waals surface area contributed by atoms with Gasteiger partial charge in [-0.3, -0.25) is 9.59 Å². The molecule has 2 N–H and O–H groups in total. The van der Waals surface area contributed by atoms with Gasteiger partial charge in [-0.2, -0.15) is 5.10 Å². The lowest BCUT2D eigenvalue weighted by Gasteiger charge is -2.10. The van der Waals surface area contributed by atoms with Crippen LogP contribution in [-0.4, -0.2) is 30.3 Å². The van der Waals surface area contributed by atoms with Gasteiger partial charge in [0.2, 0.25) is 0 Å².